The average Bonchev–Trinajstić information content (AvgIpc) is 3.60. The van der Waals surface area contributed by atoms with Crippen LogP contribution in [0.2, 0.25) is 0 Å². The van der Waals surface area contributed by atoms with Gasteiger partial charge in [-0.05, 0) is 103 Å². The van der Waals surface area contributed by atoms with E-state index in [0.717, 1.165) is 73.3 Å². The molecule has 3 saturated carbocycles. The van der Waals surface area contributed by atoms with E-state index in [2.05, 4.69) is 41.3 Å². The van der Waals surface area contributed by atoms with E-state index in [1.165, 1.54) is 31.9 Å². The first-order chi connectivity index (χ1) is 22.3. The zero-order valence-electron chi connectivity index (χ0n) is 30.7. The highest BCUT2D eigenvalue weighted by Gasteiger charge is 2.61. The molecule has 0 saturated heterocycles. The summed E-state index contributed by atoms with van der Waals surface area (Å²) in [4.78, 5) is 18.4. The molecule has 2 aromatic heterocycles. The second kappa shape index (κ2) is 13.0. The van der Waals surface area contributed by atoms with Crippen molar-refractivity contribution in [2.24, 2.45) is 48.1 Å². The fraction of sp³-hybridized carbons (Fsp3) is 0.722. The first-order valence-corrected chi connectivity index (χ1v) is 18.7. The molecule has 0 aromatic carbocycles. The Hall–Kier alpha value is -2.99. The number of hydrogen-bond acceptors (Lipinski definition) is 9. The van der Waals surface area contributed by atoms with Crippen molar-refractivity contribution in [2.75, 3.05) is 49.6 Å². The van der Waals surface area contributed by atoms with Gasteiger partial charge in [-0.25, -0.2) is 17.6 Å². The highest BCUT2D eigenvalue weighted by Crippen LogP contribution is 2.69. The molecule has 12 heteroatoms. The van der Waals surface area contributed by atoms with Crippen molar-refractivity contribution in [1.82, 2.24) is 4.57 Å². The Balaban J connectivity index is 0.000000224. The van der Waals surface area contributed by atoms with E-state index in [1.54, 1.807) is 17.1 Å². The molecule has 3 fully saturated rings. The summed E-state index contributed by atoms with van der Waals surface area (Å²) in [6, 6.07) is 1.99. The molecular formula is C36H57N5O6S. The van der Waals surface area contributed by atoms with E-state index in [0.29, 0.717) is 16.7 Å². The van der Waals surface area contributed by atoms with Crippen molar-refractivity contribution in [3.8, 4) is 0 Å². The summed E-state index contributed by atoms with van der Waals surface area (Å²) >= 11 is 0. The van der Waals surface area contributed by atoms with Crippen LogP contribution in [0.25, 0.3) is 0 Å². The lowest BCUT2D eigenvalue weighted by molar-refractivity contribution is -0.648. The molecule has 6 rings (SSSR count). The maximum atomic E-state index is 12.3. The van der Waals surface area contributed by atoms with Gasteiger partial charge < -0.3 is 18.1 Å². The zero-order valence-corrected chi connectivity index (χ0v) is 31.5. The predicted molar refractivity (Wildman–Crippen MR) is 188 cm³/mol. The SMILES string of the molecule is CC1(C)CCC[C@]2(C)[C@H]3CC/C(=C\OS(=O)(=O)[O-])[C@H](CCc4ccoc4)[C@@]3(C)CC[C@@H]12.CN(C)c1n(C)c(=O)c2c([n+]1C)N(C)CN2C. The van der Waals surface area contributed by atoms with Gasteiger partial charge in [-0.2, -0.15) is 0 Å². The van der Waals surface area contributed by atoms with Crippen LogP contribution in [0.3, 0.4) is 0 Å². The van der Waals surface area contributed by atoms with Gasteiger partial charge in [-0.15, -0.1) is 0 Å². The minimum absolute atomic E-state index is 0.0497. The van der Waals surface area contributed by atoms with E-state index in [1.807, 2.05) is 58.2 Å². The van der Waals surface area contributed by atoms with Crippen LogP contribution in [0, 0.1) is 34.0 Å². The first kappa shape index (κ1) is 36.3. The van der Waals surface area contributed by atoms with Crippen molar-refractivity contribution >= 4 is 27.9 Å². The molecular weight excluding hydrogens is 630 g/mol. The third-order valence-electron chi connectivity index (χ3n) is 12.6. The lowest BCUT2D eigenvalue weighted by Crippen LogP contribution is -2.58. The molecule has 0 amide bonds. The number of aryl methyl sites for hydroxylation is 1. The summed E-state index contributed by atoms with van der Waals surface area (Å²) in [6.45, 7) is 10.6. The van der Waals surface area contributed by atoms with Crippen LogP contribution < -0.4 is 24.8 Å². The van der Waals surface area contributed by atoms with Gasteiger partial charge in [0.2, 0.25) is 5.82 Å². The molecule has 0 unspecified atom stereocenters. The van der Waals surface area contributed by atoms with Crippen molar-refractivity contribution in [3.63, 3.8) is 0 Å². The molecule has 3 aliphatic carbocycles. The molecule has 11 nitrogen and oxygen atoms in total. The van der Waals surface area contributed by atoms with Gasteiger partial charge in [0, 0.05) is 28.2 Å². The molecule has 4 aliphatic rings. The Morgan fingerprint density at radius 3 is 2.40 bits per heavy atom. The highest BCUT2D eigenvalue weighted by atomic mass is 32.3. The Morgan fingerprint density at radius 2 is 1.77 bits per heavy atom. The monoisotopic (exact) mass is 687 g/mol. The lowest BCUT2D eigenvalue weighted by atomic mass is 9.39. The van der Waals surface area contributed by atoms with Crippen LogP contribution >= 0.6 is 0 Å². The number of anilines is 3. The second-order valence-electron chi connectivity index (χ2n) is 16.3. The number of nitrogens with zero attached hydrogens (tertiary/aromatic N) is 5. The number of hydrogen-bond donors (Lipinski definition) is 0. The minimum Gasteiger partial charge on any atom is -0.716 e. The number of allylic oxidation sites excluding steroid dienone is 1. The van der Waals surface area contributed by atoms with E-state index < -0.39 is 10.4 Å². The Morgan fingerprint density at radius 1 is 1.06 bits per heavy atom. The van der Waals surface area contributed by atoms with Crippen molar-refractivity contribution in [1.29, 1.82) is 0 Å². The quantitative estimate of drug-likeness (QED) is 0.172. The number of aromatic nitrogens is 2. The Labute approximate surface area is 287 Å². The smallest absolute Gasteiger partial charge is 0.324 e. The molecule has 48 heavy (non-hydrogen) atoms. The van der Waals surface area contributed by atoms with Crippen LogP contribution in [-0.4, -0.2) is 52.4 Å². The third kappa shape index (κ3) is 6.51. The van der Waals surface area contributed by atoms with Crippen LogP contribution in [0.5, 0.6) is 0 Å². The zero-order chi connectivity index (χ0) is 35.4. The van der Waals surface area contributed by atoms with Gasteiger partial charge in [0.1, 0.15) is 12.9 Å². The van der Waals surface area contributed by atoms with Crippen LogP contribution in [0.4, 0.5) is 17.5 Å². The van der Waals surface area contributed by atoms with Gasteiger partial charge in [-0.1, -0.05) is 34.1 Å². The Kier molecular flexibility index (Phi) is 9.86. The van der Waals surface area contributed by atoms with Crippen molar-refractivity contribution < 1.29 is 26.1 Å². The first-order valence-electron chi connectivity index (χ1n) is 17.4. The van der Waals surface area contributed by atoms with Crippen molar-refractivity contribution in [2.45, 2.75) is 85.5 Å². The fourth-order valence-corrected chi connectivity index (χ4v) is 11.1. The summed E-state index contributed by atoms with van der Waals surface area (Å²) < 4.78 is 47.2. The normalized spacial score (nSPS) is 30.2. The van der Waals surface area contributed by atoms with Gasteiger partial charge in [0.25, 0.3) is 10.4 Å². The summed E-state index contributed by atoms with van der Waals surface area (Å²) in [7, 11) is 6.89. The lowest BCUT2D eigenvalue weighted by Gasteiger charge is -2.66. The number of rotatable bonds is 6. The van der Waals surface area contributed by atoms with Gasteiger partial charge in [-0.3, -0.25) is 14.6 Å². The molecule has 5 atom stereocenters. The summed E-state index contributed by atoms with van der Waals surface area (Å²) in [5.41, 5.74) is 3.70. The molecule has 2 aromatic rings. The van der Waals surface area contributed by atoms with Gasteiger partial charge >= 0.3 is 11.5 Å². The highest BCUT2D eigenvalue weighted by molar-refractivity contribution is 7.80. The molecule has 0 bridgehead atoms. The summed E-state index contributed by atoms with van der Waals surface area (Å²) in [5.74, 6) is 3.37. The number of fused-ring (bicyclic) bond motifs is 4. The van der Waals surface area contributed by atoms with E-state index in [-0.39, 0.29) is 16.9 Å². The van der Waals surface area contributed by atoms with Gasteiger partial charge in [0.05, 0.1) is 26.6 Å². The topological polar surface area (TPSA) is 115 Å². The molecule has 0 N–H and O–H groups in total. The maximum absolute atomic E-state index is 12.3. The maximum Gasteiger partial charge on any atom is 0.324 e. The Bertz CT molecular complexity index is 1680. The second-order valence-corrected chi connectivity index (χ2v) is 17.3. The van der Waals surface area contributed by atoms with Crippen molar-refractivity contribution in [3.05, 3.63) is 46.3 Å². The standard InChI is InChI=1S/C25H38O5S.C11H20N5O/c1-23(2)12-5-13-25(4)21(23)10-14-24(3)20(8-6-18-11-15-29-16-18)19(7-9-22(24)25)17-30-31(26,27)28;1-12(2)11-15(5)9-8(10(17)16(11)6)13(3)7-14(9)4/h11,15-17,20-22H,5-10,12-14H2,1-4H3,(H,26,27,28);7H2,1-6H3/q;+1/p-1/b19-17+;/t20-,21-,22-,24+,25-;/m0./s1. The van der Waals surface area contributed by atoms with Crippen LogP contribution in [0.15, 0.2) is 39.6 Å². The third-order valence-corrected chi connectivity index (χ3v) is 13.0. The predicted octanol–water partition coefficient (Wildman–Crippen LogP) is 5.35. The summed E-state index contributed by atoms with van der Waals surface area (Å²) in [6.07, 6.45) is 14.6. The largest absolute Gasteiger partial charge is 0.716 e. The average molecular weight is 688 g/mol. The summed E-state index contributed by atoms with van der Waals surface area (Å²) in [5, 5.41) is 0. The molecule has 3 heterocycles. The minimum atomic E-state index is -4.74. The molecule has 268 valence electrons. The van der Waals surface area contributed by atoms with Crippen LogP contribution in [-0.2, 0) is 35.1 Å². The van der Waals surface area contributed by atoms with Crippen LogP contribution in [0.1, 0.15) is 84.6 Å². The van der Waals surface area contributed by atoms with Gasteiger partial charge in [0.15, 0.2) is 5.69 Å². The number of furan rings is 1. The molecule has 0 radical (unpaired) electrons. The fourth-order valence-electron chi connectivity index (χ4n) is 10.8. The van der Waals surface area contributed by atoms with E-state index in [9.17, 15) is 17.8 Å². The molecule has 1 aliphatic heterocycles. The molecule has 0 spiro atoms. The van der Waals surface area contributed by atoms with E-state index >= 15 is 0 Å². The van der Waals surface area contributed by atoms with E-state index in [4.69, 9.17) is 4.42 Å².